The maximum Gasteiger partial charge on any atom is 0.143 e. The van der Waals surface area contributed by atoms with Crippen LogP contribution in [0.2, 0.25) is 0 Å². The molecule has 2 rings (SSSR count). The van der Waals surface area contributed by atoms with Gasteiger partial charge in [0.05, 0.1) is 18.2 Å². The van der Waals surface area contributed by atoms with Gasteiger partial charge >= 0.3 is 0 Å². The van der Waals surface area contributed by atoms with Gasteiger partial charge in [0.2, 0.25) is 0 Å². The molecule has 0 saturated carbocycles. The Hall–Kier alpha value is -1.48. The number of aromatic nitrogens is 1. The van der Waals surface area contributed by atoms with Crippen LogP contribution >= 0.6 is 0 Å². The highest BCUT2D eigenvalue weighted by molar-refractivity contribution is 5.87. The number of hydrogen-bond donors (Lipinski definition) is 1. The summed E-state index contributed by atoms with van der Waals surface area (Å²) in [4.78, 5) is 0. The van der Waals surface area contributed by atoms with Crippen molar-refractivity contribution in [2.45, 2.75) is 39.3 Å². The van der Waals surface area contributed by atoms with Crippen molar-refractivity contribution in [3.63, 3.8) is 0 Å². The second kappa shape index (κ2) is 4.65. The predicted octanol–water partition coefficient (Wildman–Crippen LogP) is 2.98. The summed E-state index contributed by atoms with van der Waals surface area (Å²) in [6.45, 7) is 6.65. The number of aryl methyl sites for hydroxylation is 1. The molecular formula is C15H21NO2. The molecule has 0 unspecified atom stereocenters. The van der Waals surface area contributed by atoms with Crippen molar-refractivity contribution in [1.29, 1.82) is 0 Å². The lowest BCUT2D eigenvalue weighted by Crippen LogP contribution is -2.23. The molecular weight excluding hydrogens is 226 g/mol. The highest BCUT2D eigenvalue weighted by Crippen LogP contribution is 2.30. The minimum absolute atomic E-state index is 0.638. The lowest BCUT2D eigenvalue weighted by atomic mass is 10.0. The van der Waals surface area contributed by atoms with Crippen molar-refractivity contribution < 1.29 is 9.84 Å². The summed E-state index contributed by atoms with van der Waals surface area (Å²) >= 11 is 0. The summed E-state index contributed by atoms with van der Waals surface area (Å²) in [5.41, 5.74) is 1.56. The molecule has 0 spiro atoms. The van der Waals surface area contributed by atoms with Gasteiger partial charge in [-0.25, -0.2) is 0 Å². The van der Waals surface area contributed by atoms with Crippen LogP contribution in [0, 0.1) is 0 Å². The largest absolute Gasteiger partial charge is 0.495 e. The third kappa shape index (κ3) is 2.36. The van der Waals surface area contributed by atoms with Gasteiger partial charge in [0.1, 0.15) is 5.75 Å². The molecule has 0 aliphatic rings. The molecule has 0 amide bonds. The molecule has 0 saturated heterocycles. The second-order valence-electron chi connectivity index (χ2n) is 5.27. The number of nitrogens with zero attached hydrogens (tertiary/aromatic N) is 1. The fraction of sp³-hybridized carbons (Fsp3) is 0.467. The number of fused-ring (bicyclic) bond motifs is 1. The molecule has 3 heteroatoms. The monoisotopic (exact) mass is 247 g/mol. The number of benzene rings is 1. The van der Waals surface area contributed by atoms with E-state index >= 15 is 0 Å². The first-order valence-corrected chi connectivity index (χ1v) is 6.34. The summed E-state index contributed by atoms with van der Waals surface area (Å²) in [5, 5.41) is 11.2. The third-order valence-corrected chi connectivity index (χ3v) is 3.12. The number of para-hydroxylation sites is 1. The molecule has 98 valence electrons. The molecule has 0 aliphatic carbocycles. The van der Waals surface area contributed by atoms with Gasteiger partial charge in [0, 0.05) is 24.0 Å². The Morgan fingerprint density at radius 2 is 2.06 bits per heavy atom. The Balaban J connectivity index is 2.62. The Kier molecular flexibility index (Phi) is 3.35. The van der Waals surface area contributed by atoms with E-state index in [9.17, 15) is 5.11 Å². The zero-order valence-electron chi connectivity index (χ0n) is 11.5. The minimum atomic E-state index is -0.700. The van der Waals surface area contributed by atoms with E-state index in [0.717, 1.165) is 28.9 Å². The van der Waals surface area contributed by atoms with Crippen LogP contribution in [0.3, 0.4) is 0 Å². The van der Waals surface area contributed by atoms with Crippen LogP contribution in [0.4, 0.5) is 0 Å². The van der Waals surface area contributed by atoms with Crippen molar-refractivity contribution in [3.05, 3.63) is 30.0 Å². The highest BCUT2D eigenvalue weighted by atomic mass is 16.5. The quantitative estimate of drug-likeness (QED) is 0.901. The molecule has 1 aromatic heterocycles. The number of methoxy groups -OCH3 is 1. The second-order valence-corrected chi connectivity index (χ2v) is 5.27. The van der Waals surface area contributed by atoms with Gasteiger partial charge in [-0.05, 0) is 32.9 Å². The van der Waals surface area contributed by atoms with Crippen molar-refractivity contribution in [3.8, 4) is 5.75 Å². The van der Waals surface area contributed by atoms with Gasteiger partial charge in [0.15, 0.2) is 0 Å². The third-order valence-electron chi connectivity index (χ3n) is 3.12. The van der Waals surface area contributed by atoms with E-state index in [2.05, 4.69) is 23.6 Å². The van der Waals surface area contributed by atoms with Gasteiger partial charge in [-0.3, -0.25) is 0 Å². The van der Waals surface area contributed by atoms with Crippen LogP contribution in [-0.2, 0) is 13.0 Å². The number of aliphatic hydroxyl groups is 1. The Morgan fingerprint density at radius 1 is 1.33 bits per heavy atom. The van der Waals surface area contributed by atoms with Crippen molar-refractivity contribution in [2.75, 3.05) is 7.11 Å². The van der Waals surface area contributed by atoms with Gasteiger partial charge < -0.3 is 14.4 Å². The normalized spacial score (nSPS) is 12.1. The van der Waals surface area contributed by atoms with Crippen LogP contribution in [0.1, 0.15) is 26.5 Å². The maximum atomic E-state index is 10.00. The predicted molar refractivity (Wildman–Crippen MR) is 74.2 cm³/mol. The first kappa shape index (κ1) is 13.0. The summed E-state index contributed by atoms with van der Waals surface area (Å²) in [7, 11) is 1.69. The molecule has 1 heterocycles. The van der Waals surface area contributed by atoms with Crippen LogP contribution < -0.4 is 4.74 Å². The number of rotatable bonds is 4. The molecule has 0 atom stereocenters. The van der Waals surface area contributed by atoms with Crippen molar-refractivity contribution in [1.82, 2.24) is 4.57 Å². The van der Waals surface area contributed by atoms with Gasteiger partial charge in [0.25, 0.3) is 0 Å². The maximum absolute atomic E-state index is 10.00. The van der Waals surface area contributed by atoms with Crippen LogP contribution in [-0.4, -0.2) is 22.4 Å². The van der Waals surface area contributed by atoms with E-state index in [4.69, 9.17) is 4.74 Å². The SMILES string of the molecule is CCn1c(CC(C)(C)O)cc2cccc(OC)c21. The van der Waals surface area contributed by atoms with E-state index in [1.54, 1.807) is 7.11 Å². The molecule has 3 nitrogen and oxygen atoms in total. The van der Waals surface area contributed by atoms with E-state index in [0.29, 0.717) is 6.42 Å². The average Bonchev–Trinajstić information content (AvgIpc) is 2.63. The first-order chi connectivity index (χ1) is 8.46. The van der Waals surface area contributed by atoms with Gasteiger partial charge in [-0.2, -0.15) is 0 Å². The molecule has 0 fully saturated rings. The van der Waals surface area contributed by atoms with E-state index < -0.39 is 5.60 Å². The lowest BCUT2D eigenvalue weighted by Gasteiger charge is -2.18. The van der Waals surface area contributed by atoms with E-state index in [1.165, 1.54) is 0 Å². The molecule has 1 N–H and O–H groups in total. The Labute approximate surface area is 108 Å². The molecule has 0 aliphatic heterocycles. The van der Waals surface area contributed by atoms with Crippen LogP contribution in [0.5, 0.6) is 5.75 Å². The van der Waals surface area contributed by atoms with Crippen LogP contribution in [0.25, 0.3) is 10.9 Å². The fourth-order valence-electron chi connectivity index (χ4n) is 2.46. The summed E-state index contributed by atoms with van der Waals surface area (Å²) in [5.74, 6) is 0.886. The van der Waals surface area contributed by atoms with Crippen LogP contribution in [0.15, 0.2) is 24.3 Å². The van der Waals surface area contributed by atoms with Gasteiger partial charge in [-0.15, -0.1) is 0 Å². The topological polar surface area (TPSA) is 34.4 Å². The first-order valence-electron chi connectivity index (χ1n) is 6.34. The minimum Gasteiger partial charge on any atom is -0.495 e. The summed E-state index contributed by atoms with van der Waals surface area (Å²) in [6, 6.07) is 8.19. The molecule has 18 heavy (non-hydrogen) atoms. The lowest BCUT2D eigenvalue weighted by molar-refractivity contribution is 0.0791. The van der Waals surface area contributed by atoms with E-state index in [1.807, 2.05) is 26.0 Å². The smallest absolute Gasteiger partial charge is 0.143 e. The van der Waals surface area contributed by atoms with Crippen molar-refractivity contribution in [2.24, 2.45) is 0 Å². The molecule has 2 aromatic rings. The van der Waals surface area contributed by atoms with Gasteiger partial charge in [-0.1, -0.05) is 12.1 Å². The highest BCUT2D eigenvalue weighted by Gasteiger charge is 2.19. The molecule has 0 radical (unpaired) electrons. The average molecular weight is 247 g/mol. The molecule has 1 aromatic carbocycles. The zero-order chi connectivity index (χ0) is 13.3. The zero-order valence-corrected chi connectivity index (χ0v) is 11.5. The molecule has 0 bridgehead atoms. The number of hydrogen-bond acceptors (Lipinski definition) is 2. The van der Waals surface area contributed by atoms with Crippen molar-refractivity contribution >= 4 is 10.9 Å². The summed E-state index contributed by atoms with van der Waals surface area (Å²) in [6.07, 6.45) is 0.638. The Bertz CT molecular complexity index is 549. The number of ether oxygens (including phenoxy) is 1. The van der Waals surface area contributed by atoms with E-state index in [-0.39, 0.29) is 0 Å². The summed E-state index contributed by atoms with van der Waals surface area (Å²) < 4.78 is 7.64. The standard InChI is InChI=1S/C15H21NO2/c1-5-16-12(10-15(2,3)17)9-11-7-6-8-13(18-4)14(11)16/h6-9,17H,5,10H2,1-4H3. The Morgan fingerprint density at radius 3 is 2.61 bits per heavy atom. The fourth-order valence-corrected chi connectivity index (χ4v) is 2.46.